The van der Waals surface area contributed by atoms with Crippen LogP contribution < -0.4 is 0 Å². The lowest BCUT2D eigenvalue weighted by atomic mass is 9.81. The lowest BCUT2D eigenvalue weighted by Crippen LogP contribution is -2.49. The lowest BCUT2D eigenvalue weighted by molar-refractivity contribution is 0.0392. The molecule has 0 radical (unpaired) electrons. The predicted octanol–water partition coefficient (Wildman–Crippen LogP) is 5.34. The number of benzene rings is 2. The van der Waals surface area contributed by atoms with Gasteiger partial charge in [0, 0.05) is 41.4 Å². The van der Waals surface area contributed by atoms with Crippen LogP contribution in [0.1, 0.15) is 46.9 Å². The van der Waals surface area contributed by atoms with E-state index in [4.69, 9.17) is 0 Å². The summed E-state index contributed by atoms with van der Waals surface area (Å²) in [6.07, 6.45) is 4.80. The van der Waals surface area contributed by atoms with E-state index in [1.807, 2.05) is 29.2 Å². The molecule has 2 atom stereocenters. The average Bonchev–Trinajstić information content (AvgIpc) is 3.16. The average molecular weight is 462 g/mol. The lowest BCUT2D eigenvalue weighted by Gasteiger charge is -2.45. The van der Waals surface area contributed by atoms with Crippen LogP contribution in [0.15, 0.2) is 48.7 Å². The number of pyridine rings is 1. The van der Waals surface area contributed by atoms with Gasteiger partial charge in [0.05, 0.1) is 22.9 Å². The molecule has 8 heteroatoms. The fraction of sp³-hybridized carbons (Fsp3) is 0.269. The summed E-state index contributed by atoms with van der Waals surface area (Å²) in [6, 6.07) is 11.0. The van der Waals surface area contributed by atoms with Gasteiger partial charge in [-0.15, -0.1) is 0 Å². The number of aromatic nitrogens is 3. The number of hydrogen-bond donors (Lipinski definition) is 0. The molecule has 0 saturated carbocycles. The van der Waals surface area contributed by atoms with Gasteiger partial charge < -0.3 is 4.90 Å². The second kappa shape index (κ2) is 7.68. The normalized spacial score (nSPS) is 19.4. The second-order valence-electron chi connectivity index (χ2n) is 9.02. The number of piperidine rings is 1. The molecule has 0 spiro atoms. The molecule has 2 aromatic heterocycles. The number of carbonyl (C=O) groups excluding carboxylic acids is 1. The van der Waals surface area contributed by atoms with E-state index in [2.05, 4.69) is 10.1 Å². The standard InChI is InChI=1S/C26H21F3N4O/c1-32-25(16-11-19(27)23(29)20(28)12-16)18-13-17-5-2-6-22(24(18)31-32)33(17)26(34)15-7-8-21-14(10-15)4-3-9-30-21/h3-4,7-12,17,22H,2,5-6,13H2,1H3. The van der Waals surface area contributed by atoms with Crippen molar-refractivity contribution in [3.63, 3.8) is 0 Å². The van der Waals surface area contributed by atoms with Crippen LogP contribution >= 0.6 is 0 Å². The molecule has 1 amide bonds. The molecule has 0 N–H and O–H groups in total. The number of nitrogens with zero attached hydrogens (tertiary/aromatic N) is 4. The van der Waals surface area contributed by atoms with Crippen molar-refractivity contribution in [2.45, 2.75) is 37.8 Å². The quantitative estimate of drug-likeness (QED) is 0.378. The minimum absolute atomic E-state index is 0.0542. The highest BCUT2D eigenvalue weighted by molar-refractivity contribution is 5.98. The van der Waals surface area contributed by atoms with Crippen molar-refractivity contribution in [3.8, 4) is 11.3 Å². The molecular formula is C26H21F3N4O. The third kappa shape index (κ3) is 3.12. The van der Waals surface area contributed by atoms with Crippen molar-refractivity contribution in [2.75, 3.05) is 0 Å². The first-order valence-corrected chi connectivity index (χ1v) is 11.3. The van der Waals surface area contributed by atoms with Crippen molar-refractivity contribution in [2.24, 2.45) is 7.05 Å². The largest absolute Gasteiger partial charge is 0.327 e. The van der Waals surface area contributed by atoms with E-state index < -0.39 is 17.5 Å². The monoisotopic (exact) mass is 462 g/mol. The number of halogens is 3. The molecule has 4 heterocycles. The third-order valence-electron chi connectivity index (χ3n) is 7.02. The van der Waals surface area contributed by atoms with Crippen molar-refractivity contribution < 1.29 is 18.0 Å². The van der Waals surface area contributed by atoms with Gasteiger partial charge in [-0.2, -0.15) is 5.10 Å². The maximum atomic E-state index is 14.0. The Balaban J connectivity index is 1.42. The van der Waals surface area contributed by atoms with E-state index >= 15 is 0 Å². The van der Waals surface area contributed by atoms with Crippen LogP contribution in [-0.4, -0.2) is 31.6 Å². The van der Waals surface area contributed by atoms with E-state index in [0.29, 0.717) is 17.7 Å². The topological polar surface area (TPSA) is 51.0 Å². The fourth-order valence-electron chi connectivity index (χ4n) is 5.56. The van der Waals surface area contributed by atoms with Gasteiger partial charge in [0.15, 0.2) is 17.5 Å². The Hall–Kier alpha value is -3.68. The number of amides is 1. The second-order valence-corrected chi connectivity index (χ2v) is 9.02. The van der Waals surface area contributed by atoms with Gasteiger partial charge in [-0.25, -0.2) is 13.2 Å². The van der Waals surface area contributed by atoms with Gasteiger partial charge in [0.2, 0.25) is 0 Å². The molecule has 2 bridgehead atoms. The molecule has 2 aromatic carbocycles. The van der Waals surface area contributed by atoms with E-state index in [9.17, 15) is 18.0 Å². The zero-order chi connectivity index (χ0) is 23.6. The molecule has 2 aliphatic rings. The molecule has 2 aliphatic heterocycles. The van der Waals surface area contributed by atoms with Crippen LogP contribution in [0.2, 0.25) is 0 Å². The van der Waals surface area contributed by atoms with Crippen LogP contribution in [0.5, 0.6) is 0 Å². The van der Waals surface area contributed by atoms with Crippen molar-refractivity contribution in [1.82, 2.24) is 19.7 Å². The van der Waals surface area contributed by atoms with Crippen LogP contribution in [0, 0.1) is 17.5 Å². The molecular weight excluding hydrogens is 441 g/mol. The Labute approximate surface area is 193 Å². The highest BCUT2D eigenvalue weighted by atomic mass is 19.2. The van der Waals surface area contributed by atoms with Crippen molar-refractivity contribution in [3.05, 3.63) is 82.9 Å². The van der Waals surface area contributed by atoms with E-state index in [0.717, 1.165) is 53.6 Å². The summed E-state index contributed by atoms with van der Waals surface area (Å²) >= 11 is 0. The first kappa shape index (κ1) is 20.9. The van der Waals surface area contributed by atoms with Crippen molar-refractivity contribution >= 4 is 16.8 Å². The Morgan fingerprint density at radius 1 is 1.06 bits per heavy atom. The third-order valence-corrected chi connectivity index (χ3v) is 7.02. The van der Waals surface area contributed by atoms with Gasteiger partial charge in [-0.1, -0.05) is 6.07 Å². The first-order valence-electron chi connectivity index (χ1n) is 11.3. The SMILES string of the molecule is Cn1nc2c(c1-c1cc(F)c(F)c(F)c1)CC1CCCC2N1C(=O)c1ccc2ncccc2c1. The summed E-state index contributed by atoms with van der Waals surface area (Å²) in [5.41, 5.74) is 3.85. The number of carbonyl (C=O) groups is 1. The molecule has 4 aromatic rings. The molecule has 34 heavy (non-hydrogen) atoms. The van der Waals surface area contributed by atoms with E-state index in [-0.39, 0.29) is 23.6 Å². The molecule has 6 rings (SSSR count). The maximum Gasteiger partial charge on any atom is 0.254 e. The fourth-order valence-corrected chi connectivity index (χ4v) is 5.56. The summed E-state index contributed by atoms with van der Waals surface area (Å²) in [4.78, 5) is 19.9. The van der Waals surface area contributed by atoms with Gasteiger partial charge >= 0.3 is 0 Å². The minimum atomic E-state index is -1.49. The maximum absolute atomic E-state index is 14.0. The molecule has 1 saturated heterocycles. The zero-order valence-electron chi connectivity index (χ0n) is 18.4. The smallest absolute Gasteiger partial charge is 0.254 e. The van der Waals surface area contributed by atoms with Gasteiger partial charge in [-0.3, -0.25) is 14.5 Å². The summed E-state index contributed by atoms with van der Waals surface area (Å²) < 4.78 is 43.1. The molecule has 1 fully saturated rings. The Bertz CT molecular complexity index is 1440. The zero-order valence-corrected chi connectivity index (χ0v) is 18.4. The van der Waals surface area contributed by atoms with E-state index in [1.54, 1.807) is 24.0 Å². The highest BCUT2D eigenvalue weighted by Gasteiger charge is 2.43. The highest BCUT2D eigenvalue weighted by Crippen LogP contribution is 2.45. The number of hydrogen-bond acceptors (Lipinski definition) is 3. The predicted molar refractivity (Wildman–Crippen MR) is 121 cm³/mol. The molecule has 2 unspecified atom stereocenters. The van der Waals surface area contributed by atoms with Gasteiger partial charge in [0.25, 0.3) is 5.91 Å². The molecule has 5 nitrogen and oxygen atoms in total. The Morgan fingerprint density at radius 2 is 1.85 bits per heavy atom. The minimum Gasteiger partial charge on any atom is -0.327 e. The first-order chi connectivity index (χ1) is 16.4. The molecule has 172 valence electrons. The van der Waals surface area contributed by atoms with E-state index in [1.165, 1.54) is 0 Å². The summed E-state index contributed by atoms with van der Waals surface area (Å²) in [5.74, 6) is -4.01. The van der Waals surface area contributed by atoms with Gasteiger partial charge in [-0.05, 0) is 62.1 Å². The summed E-state index contributed by atoms with van der Waals surface area (Å²) in [7, 11) is 1.71. The number of rotatable bonds is 2. The number of fused-ring (bicyclic) bond motifs is 5. The van der Waals surface area contributed by atoms with Crippen LogP contribution in [0.25, 0.3) is 22.2 Å². The Kier molecular flexibility index (Phi) is 4.72. The van der Waals surface area contributed by atoms with Crippen LogP contribution in [0.3, 0.4) is 0 Å². The molecule has 0 aliphatic carbocycles. The summed E-state index contributed by atoms with van der Waals surface area (Å²) in [6.45, 7) is 0. The van der Waals surface area contributed by atoms with Crippen molar-refractivity contribution in [1.29, 1.82) is 0 Å². The number of aryl methyl sites for hydroxylation is 1. The van der Waals surface area contributed by atoms with Gasteiger partial charge in [0.1, 0.15) is 0 Å². The van der Waals surface area contributed by atoms with Crippen LogP contribution in [0.4, 0.5) is 13.2 Å². The van der Waals surface area contributed by atoms with Crippen LogP contribution in [-0.2, 0) is 13.5 Å². The Morgan fingerprint density at radius 3 is 2.65 bits per heavy atom. The summed E-state index contributed by atoms with van der Waals surface area (Å²) in [5, 5.41) is 5.58.